The molecule has 1 aromatic heterocycles. The molecule has 6 nitrogen and oxygen atoms in total. The fourth-order valence-corrected chi connectivity index (χ4v) is 2.95. The SMILES string of the molecule is C=CCNC(=O)c1cc(N2CCN(c3cccc(Cl)c3)CC2)ncn1. The van der Waals surface area contributed by atoms with Gasteiger partial charge in [-0.15, -0.1) is 6.58 Å². The Morgan fingerprint density at radius 3 is 2.68 bits per heavy atom. The summed E-state index contributed by atoms with van der Waals surface area (Å²) in [6.45, 7) is 7.36. The molecule has 1 aliphatic heterocycles. The van der Waals surface area contributed by atoms with Crippen LogP contribution in [0, 0.1) is 0 Å². The van der Waals surface area contributed by atoms with E-state index in [1.807, 2.05) is 18.2 Å². The smallest absolute Gasteiger partial charge is 0.270 e. The third-order valence-corrected chi connectivity index (χ3v) is 4.30. The molecule has 1 aromatic carbocycles. The summed E-state index contributed by atoms with van der Waals surface area (Å²) in [6, 6.07) is 9.61. The molecule has 1 amide bonds. The van der Waals surface area contributed by atoms with Gasteiger partial charge in [0.25, 0.3) is 5.91 Å². The van der Waals surface area contributed by atoms with Crippen molar-refractivity contribution in [2.45, 2.75) is 0 Å². The molecule has 3 rings (SSSR count). The lowest BCUT2D eigenvalue weighted by Crippen LogP contribution is -2.47. The molecule has 0 spiro atoms. The van der Waals surface area contributed by atoms with Gasteiger partial charge >= 0.3 is 0 Å². The van der Waals surface area contributed by atoms with Gasteiger partial charge in [-0.3, -0.25) is 4.79 Å². The van der Waals surface area contributed by atoms with Crippen LogP contribution in [-0.2, 0) is 0 Å². The first-order valence-electron chi connectivity index (χ1n) is 8.14. The molecule has 0 aliphatic carbocycles. The molecular weight excluding hydrogens is 338 g/mol. The van der Waals surface area contributed by atoms with Gasteiger partial charge in [-0.25, -0.2) is 9.97 Å². The number of nitrogens with zero attached hydrogens (tertiary/aromatic N) is 4. The largest absolute Gasteiger partial charge is 0.368 e. The van der Waals surface area contributed by atoms with Gasteiger partial charge in [0.05, 0.1) is 0 Å². The van der Waals surface area contributed by atoms with E-state index in [0.29, 0.717) is 12.2 Å². The highest BCUT2D eigenvalue weighted by Crippen LogP contribution is 2.22. The van der Waals surface area contributed by atoms with Crippen molar-refractivity contribution < 1.29 is 4.79 Å². The third kappa shape index (κ3) is 4.28. The monoisotopic (exact) mass is 357 g/mol. The molecule has 0 saturated carbocycles. The molecular formula is C18H20ClN5O. The minimum atomic E-state index is -0.221. The first-order valence-corrected chi connectivity index (χ1v) is 8.52. The summed E-state index contributed by atoms with van der Waals surface area (Å²) in [5.74, 6) is 0.547. The number of carbonyl (C=O) groups is 1. The Hall–Kier alpha value is -2.60. The van der Waals surface area contributed by atoms with Crippen molar-refractivity contribution in [2.75, 3.05) is 42.5 Å². The Balaban J connectivity index is 1.65. The molecule has 130 valence electrons. The zero-order valence-electron chi connectivity index (χ0n) is 13.9. The van der Waals surface area contributed by atoms with Crippen LogP contribution < -0.4 is 15.1 Å². The van der Waals surface area contributed by atoms with Crippen molar-refractivity contribution in [3.63, 3.8) is 0 Å². The van der Waals surface area contributed by atoms with Crippen LogP contribution in [0.1, 0.15) is 10.5 Å². The van der Waals surface area contributed by atoms with Crippen LogP contribution >= 0.6 is 11.6 Å². The van der Waals surface area contributed by atoms with E-state index in [9.17, 15) is 4.79 Å². The average Bonchev–Trinajstić information content (AvgIpc) is 2.66. The molecule has 0 unspecified atom stereocenters. The lowest BCUT2D eigenvalue weighted by molar-refractivity contribution is 0.0953. The molecule has 7 heteroatoms. The average molecular weight is 358 g/mol. The van der Waals surface area contributed by atoms with Crippen molar-refractivity contribution >= 4 is 29.0 Å². The summed E-state index contributed by atoms with van der Waals surface area (Å²) >= 11 is 6.07. The second-order valence-corrected chi connectivity index (χ2v) is 6.15. The third-order valence-electron chi connectivity index (χ3n) is 4.07. The number of hydrogen-bond acceptors (Lipinski definition) is 5. The molecule has 0 radical (unpaired) electrons. The number of hydrogen-bond donors (Lipinski definition) is 1. The van der Waals surface area contributed by atoms with E-state index >= 15 is 0 Å². The highest BCUT2D eigenvalue weighted by Gasteiger charge is 2.19. The number of anilines is 2. The molecule has 1 aliphatic rings. The quantitative estimate of drug-likeness (QED) is 0.832. The molecule has 25 heavy (non-hydrogen) atoms. The molecule has 1 N–H and O–H groups in total. The topological polar surface area (TPSA) is 61.4 Å². The number of carbonyl (C=O) groups excluding carboxylic acids is 1. The Labute approximate surface area is 152 Å². The first-order chi connectivity index (χ1) is 12.2. The first kappa shape index (κ1) is 17.2. The lowest BCUT2D eigenvalue weighted by Gasteiger charge is -2.36. The van der Waals surface area contributed by atoms with Gasteiger partial charge < -0.3 is 15.1 Å². The number of halogens is 1. The molecule has 0 bridgehead atoms. The molecule has 2 aromatic rings. The zero-order valence-corrected chi connectivity index (χ0v) is 14.6. The second kappa shape index (κ2) is 7.98. The number of piperazine rings is 1. The summed E-state index contributed by atoms with van der Waals surface area (Å²) in [7, 11) is 0. The van der Waals surface area contributed by atoms with E-state index in [0.717, 1.165) is 42.7 Å². The molecule has 2 heterocycles. The van der Waals surface area contributed by atoms with Gasteiger partial charge in [-0.05, 0) is 18.2 Å². The van der Waals surface area contributed by atoms with E-state index in [2.05, 4.69) is 37.7 Å². The number of amides is 1. The van der Waals surface area contributed by atoms with Crippen molar-refractivity contribution in [3.8, 4) is 0 Å². The van der Waals surface area contributed by atoms with E-state index in [4.69, 9.17) is 11.6 Å². The van der Waals surface area contributed by atoms with Gasteiger partial charge in [0.2, 0.25) is 0 Å². The predicted molar refractivity (Wildman–Crippen MR) is 100 cm³/mol. The highest BCUT2D eigenvalue weighted by atomic mass is 35.5. The van der Waals surface area contributed by atoms with Crippen LogP contribution in [0.25, 0.3) is 0 Å². The van der Waals surface area contributed by atoms with Crippen molar-refractivity contribution in [3.05, 3.63) is 60.0 Å². The summed E-state index contributed by atoms with van der Waals surface area (Å²) in [6.07, 6.45) is 3.07. The normalized spacial score (nSPS) is 14.3. The van der Waals surface area contributed by atoms with Crippen molar-refractivity contribution in [1.29, 1.82) is 0 Å². The summed E-state index contributed by atoms with van der Waals surface area (Å²) in [5.41, 5.74) is 1.49. The lowest BCUT2D eigenvalue weighted by atomic mass is 10.2. The number of benzene rings is 1. The van der Waals surface area contributed by atoms with E-state index in [-0.39, 0.29) is 5.91 Å². The van der Waals surface area contributed by atoms with Gasteiger partial charge in [0.15, 0.2) is 0 Å². The zero-order chi connectivity index (χ0) is 17.6. The van der Waals surface area contributed by atoms with Gasteiger partial charge in [-0.1, -0.05) is 23.7 Å². The van der Waals surface area contributed by atoms with Crippen LogP contribution in [0.2, 0.25) is 5.02 Å². The minimum absolute atomic E-state index is 0.221. The standard InChI is InChI=1S/C18H20ClN5O/c1-2-6-20-18(25)16-12-17(22-13-21-16)24-9-7-23(8-10-24)15-5-3-4-14(19)11-15/h2-5,11-13H,1,6-10H2,(H,20,25). The molecule has 1 saturated heterocycles. The van der Waals surface area contributed by atoms with Crippen molar-refractivity contribution in [1.82, 2.24) is 15.3 Å². The summed E-state index contributed by atoms with van der Waals surface area (Å²) in [4.78, 5) is 24.8. The van der Waals surface area contributed by atoms with E-state index in [1.165, 1.54) is 6.33 Å². The number of nitrogens with one attached hydrogen (secondary N) is 1. The maximum absolute atomic E-state index is 12.0. The van der Waals surface area contributed by atoms with Gasteiger partial charge in [-0.2, -0.15) is 0 Å². The number of rotatable bonds is 5. The fourth-order valence-electron chi connectivity index (χ4n) is 2.77. The Morgan fingerprint density at radius 1 is 1.20 bits per heavy atom. The minimum Gasteiger partial charge on any atom is -0.368 e. The van der Waals surface area contributed by atoms with Crippen LogP contribution in [0.5, 0.6) is 0 Å². The van der Waals surface area contributed by atoms with Crippen LogP contribution in [0.3, 0.4) is 0 Å². The van der Waals surface area contributed by atoms with E-state index in [1.54, 1.807) is 12.1 Å². The van der Waals surface area contributed by atoms with E-state index < -0.39 is 0 Å². The second-order valence-electron chi connectivity index (χ2n) is 5.71. The molecule has 0 atom stereocenters. The Morgan fingerprint density at radius 2 is 1.96 bits per heavy atom. The maximum Gasteiger partial charge on any atom is 0.270 e. The van der Waals surface area contributed by atoms with Crippen LogP contribution in [0.4, 0.5) is 11.5 Å². The van der Waals surface area contributed by atoms with Crippen molar-refractivity contribution in [2.24, 2.45) is 0 Å². The number of aromatic nitrogens is 2. The van der Waals surface area contributed by atoms with Crippen LogP contribution in [0.15, 0.2) is 49.3 Å². The Bertz CT molecular complexity index is 759. The highest BCUT2D eigenvalue weighted by molar-refractivity contribution is 6.30. The van der Waals surface area contributed by atoms with Gasteiger partial charge in [0, 0.05) is 49.5 Å². The molecule has 1 fully saturated rings. The summed E-state index contributed by atoms with van der Waals surface area (Å²) < 4.78 is 0. The Kier molecular flexibility index (Phi) is 5.50. The maximum atomic E-state index is 12.0. The van der Waals surface area contributed by atoms with Gasteiger partial charge in [0.1, 0.15) is 17.8 Å². The van der Waals surface area contributed by atoms with Crippen LogP contribution in [-0.4, -0.2) is 48.6 Å². The fraction of sp³-hybridized carbons (Fsp3) is 0.278. The summed E-state index contributed by atoms with van der Waals surface area (Å²) in [5, 5.41) is 3.47. The predicted octanol–water partition coefficient (Wildman–Crippen LogP) is 2.37.